The van der Waals surface area contributed by atoms with Crippen LogP contribution in [0.3, 0.4) is 0 Å². The summed E-state index contributed by atoms with van der Waals surface area (Å²) in [6.45, 7) is 0.553. The van der Waals surface area contributed by atoms with Crippen LogP contribution in [0.25, 0.3) is 0 Å². The Bertz CT molecular complexity index is 780. The van der Waals surface area contributed by atoms with E-state index in [4.69, 9.17) is 14.5 Å². The average Bonchev–Trinajstić information content (AvgIpc) is 2.54. The van der Waals surface area contributed by atoms with Gasteiger partial charge in [-0.05, 0) is 35.6 Å². The fourth-order valence-electron chi connectivity index (χ4n) is 2.06. The summed E-state index contributed by atoms with van der Waals surface area (Å²) >= 11 is 4.59. The summed E-state index contributed by atoms with van der Waals surface area (Å²) in [5.74, 6) is 0. The summed E-state index contributed by atoms with van der Waals surface area (Å²) in [7, 11) is -5.60. The van der Waals surface area contributed by atoms with Crippen LogP contribution in [0.5, 0.6) is 0 Å². The lowest BCUT2D eigenvalue weighted by atomic mass is 10.1. The molecule has 2 rings (SSSR count). The Morgan fingerprint density at radius 1 is 1.12 bits per heavy atom. The maximum Gasteiger partial charge on any atom is 0.399 e. The van der Waals surface area contributed by atoms with Gasteiger partial charge >= 0.3 is 13.3 Å². The van der Waals surface area contributed by atoms with E-state index >= 15 is 0 Å². The first-order chi connectivity index (χ1) is 11.6. The molecule has 4 nitrogen and oxygen atoms in total. The third-order valence-corrected chi connectivity index (χ3v) is 5.79. The normalized spacial score (nSPS) is 12.4. The molecule has 0 aliphatic rings. The molecular weight excluding hydrogens is 437 g/mol. The topological polar surface area (TPSA) is 66.8 Å². The monoisotopic (exact) mass is 452 g/mol. The standard InChI is InChI=1S/C16H16BrF2O4PS/c1-25-13-5-2-11(3-6-13)9-23-10-12-4-7-14(15(17)8-12)16(18,19)24(20,21)22/h2-8H,9-10H2,1H3,(H2,20,21,22). The SMILES string of the molecule is CSc1ccc(COCc2ccc(C(F)(F)P(=O)(O)O)c(Br)c2)cc1. The fourth-order valence-corrected chi connectivity index (χ4v) is 3.80. The molecule has 0 saturated heterocycles. The Morgan fingerprint density at radius 3 is 2.20 bits per heavy atom. The summed E-state index contributed by atoms with van der Waals surface area (Å²) in [6, 6.07) is 11.6. The Labute approximate surface area is 156 Å². The number of alkyl halides is 2. The first-order valence-corrected chi connectivity index (χ1v) is 10.7. The number of hydrogen-bond donors (Lipinski definition) is 2. The molecule has 0 unspecified atom stereocenters. The van der Waals surface area contributed by atoms with Crippen molar-refractivity contribution in [2.24, 2.45) is 0 Å². The van der Waals surface area contributed by atoms with Crippen molar-refractivity contribution in [1.29, 1.82) is 0 Å². The third kappa shape index (κ3) is 5.12. The molecule has 0 spiro atoms. The highest BCUT2D eigenvalue weighted by atomic mass is 79.9. The van der Waals surface area contributed by atoms with Gasteiger partial charge in [0.15, 0.2) is 0 Å². The van der Waals surface area contributed by atoms with Crippen LogP contribution >= 0.6 is 35.3 Å². The molecule has 0 radical (unpaired) electrons. The molecule has 136 valence electrons. The number of hydrogen-bond acceptors (Lipinski definition) is 3. The molecule has 0 fully saturated rings. The van der Waals surface area contributed by atoms with E-state index in [-0.39, 0.29) is 11.1 Å². The second-order valence-corrected chi connectivity index (χ2v) is 8.62. The highest BCUT2D eigenvalue weighted by Gasteiger charge is 2.51. The van der Waals surface area contributed by atoms with Gasteiger partial charge in [-0.1, -0.05) is 40.2 Å². The minimum absolute atomic E-state index is 0.0775. The maximum atomic E-state index is 13.8. The van der Waals surface area contributed by atoms with Crippen molar-refractivity contribution >= 4 is 35.3 Å². The molecule has 25 heavy (non-hydrogen) atoms. The van der Waals surface area contributed by atoms with E-state index in [1.54, 1.807) is 11.8 Å². The second kappa shape index (κ2) is 8.29. The molecule has 0 amide bonds. The lowest BCUT2D eigenvalue weighted by molar-refractivity contribution is 0.0556. The van der Waals surface area contributed by atoms with E-state index in [0.717, 1.165) is 16.5 Å². The largest absolute Gasteiger partial charge is 0.399 e. The van der Waals surface area contributed by atoms with Gasteiger partial charge in [-0.25, -0.2) is 0 Å². The fraction of sp³-hybridized carbons (Fsp3) is 0.250. The smallest absolute Gasteiger partial charge is 0.372 e. The van der Waals surface area contributed by atoms with Gasteiger partial charge in [-0.3, -0.25) is 4.57 Å². The molecular formula is C16H16BrF2O4PS. The highest BCUT2D eigenvalue weighted by molar-refractivity contribution is 9.10. The van der Waals surface area contributed by atoms with Gasteiger partial charge < -0.3 is 14.5 Å². The van der Waals surface area contributed by atoms with Gasteiger partial charge in [0.05, 0.1) is 13.2 Å². The van der Waals surface area contributed by atoms with Crippen molar-refractivity contribution in [3.63, 3.8) is 0 Å². The molecule has 9 heteroatoms. The van der Waals surface area contributed by atoms with Crippen molar-refractivity contribution in [3.8, 4) is 0 Å². The van der Waals surface area contributed by atoms with Crippen LogP contribution in [-0.2, 0) is 28.2 Å². The van der Waals surface area contributed by atoms with E-state index in [2.05, 4.69) is 15.9 Å². The van der Waals surface area contributed by atoms with E-state index in [0.29, 0.717) is 12.2 Å². The van der Waals surface area contributed by atoms with Gasteiger partial charge in [-0.15, -0.1) is 11.8 Å². The van der Waals surface area contributed by atoms with E-state index < -0.39 is 18.8 Å². The number of benzene rings is 2. The number of halogens is 3. The van der Waals surface area contributed by atoms with Crippen molar-refractivity contribution < 1.29 is 27.9 Å². The van der Waals surface area contributed by atoms with Crippen LogP contribution in [0.4, 0.5) is 8.78 Å². The summed E-state index contributed by atoms with van der Waals surface area (Å²) in [5, 5.41) is 0. The minimum Gasteiger partial charge on any atom is -0.372 e. The molecule has 0 aliphatic carbocycles. The van der Waals surface area contributed by atoms with Gasteiger partial charge in [-0.2, -0.15) is 8.78 Å². The van der Waals surface area contributed by atoms with Crippen molar-refractivity contribution in [2.45, 2.75) is 23.8 Å². The van der Waals surface area contributed by atoms with Crippen molar-refractivity contribution in [3.05, 3.63) is 63.6 Å². The second-order valence-electron chi connectivity index (χ2n) is 5.24. The molecule has 0 saturated carbocycles. The molecule has 0 aromatic heterocycles. The molecule has 2 N–H and O–H groups in total. The summed E-state index contributed by atoms with van der Waals surface area (Å²) in [4.78, 5) is 18.8. The van der Waals surface area contributed by atoms with Crippen LogP contribution < -0.4 is 0 Å². The summed E-state index contributed by atoms with van der Waals surface area (Å²) in [6.07, 6.45) is 1.99. The molecule has 0 heterocycles. The Morgan fingerprint density at radius 2 is 1.68 bits per heavy atom. The van der Waals surface area contributed by atoms with E-state index in [1.807, 2.05) is 30.5 Å². The Kier molecular flexibility index (Phi) is 6.81. The zero-order valence-corrected chi connectivity index (χ0v) is 16.5. The quantitative estimate of drug-likeness (QED) is 0.451. The Hall–Kier alpha value is -0.760. The van der Waals surface area contributed by atoms with E-state index in [9.17, 15) is 13.3 Å². The first-order valence-electron chi connectivity index (χ1n) is 7.08. The molecule has 0 aliphatic heterocycles. The predicted molar refractivity (Wildman–Crippen MR) is 96.8 cm³/mol. The lowest BCUT2D eigenvalue weighted by Crippen LogP contribution is -2.14. The lowest BCUT2D eigenvalue weighted by Gasteiger charge is -2.19. The van der Waals surface area contributed by atoms with Crippen LogP contribution in [0.1, 0.15) is 16.7 Å². The van der Waals surface area contributed by atoms with E-state index in [1.165, 1.54) is 12.1 Å². The van der Waals surface area contributed by atoms with Gasteiger partial charge in [0.2, 0.25) is 0 Å². The first kappa shape index (κ1) is 20.6. The third-order valence-electron chi connectivity index (χ3n) is 3.42. The number of rotatable bonds is 7. The van der Waals surface area contributed by atoms with Crippen LogP contribution in [0.15, 0.2) is 51.8 Å². The molecule has 0 atom stereocenters. The number of ether oxygens (including phenoxy) is 1. The van der Waals surface area contributed by atoms with Crippen LogP contribution in [0.2, 0.25) is 0 Å². The van der Waals surface area contributed by atoms with Crippen LogP contribution in [-0.4, -0.2) is 16.0 Å². The number of thioether (sulfide) groups is 1. The summed E-state index contributed by atoms with van der Waals surface area (Å²) < 4.78 is 44.0. The molecule has 2 aromatic rings. The van der Waals surface area contributed by atoms with Crippen LogP contribution in [0, 0.1) is 0 Å². The Balaban J connectivity index is 2.02. The highest BCUT2D eigenvalue weighted by Crippen LogP contribution is 2.60. The van der Waals surface area contributed by atoms with Gasteiger partial charge in [0.1, 0.15) is 0 Å². The average molecular weight is 453 g/mol. The zero-order chi connectivity index (χ0) is 18.7. The van der Waals surface area contributed by atoms with Gasteiger partial charge in [0, 0.05) is 14.9 Å². The molecule has 2 aromatic carbocycles. The van der Waals surface area contributed by atoms with Gasteiger partial charge in [0.25, 0.3) is 0 Å². The summed E-state index contributed by atoms with van der Waals surface area (Å²) in [5.41, 5.74) is -3.40. The minimum atomic E-state index is -5.60. The zero-order valence-electron chi connectivity index (χ0n) is 13.2. The molecule has 0 bridgehead atoms. The maximum absolute atomic E-state index is 13.8. The van der Waals surface area contributed by atoms with Crippen molar-refractivity contribution in [1.82, 2.24) is 0 Å². The van der Waals surface area contributed by atoms with Crippen molar-refractivity contribution in [2.75, 3.05) is 6.26 Å². The predicted octanol–water partition coefficient (Wildman–Crippen LogP) is 5.11.